The van der Waals surface area contributed by atoms with Crippen LogP contribution in [0.5, 0.6) is 0 Å². The number of carbonyl (C=O) groups is 2. The molecule has 1 aliphatic rings. The van der Waals surface area contributed by atoms with Crippen LogP contribution in [-0.2, 0) is 27.4 Å². The third-order valence-electron chi connectivity index (χ3n) is 5.08. The summed E-state index contributed by atoms with van der Waals surface area (Å²) in [4.78, 5) is 24.0. The number of ether oxygens (including phenoxy) is 1. The fraction of sp³-hybridized carbons (Fsp3) is 0.333. The summed E-state index contributed by atoms with van der Waals surface area (Å²) in [5.41, 5.74) is 14.7. The average Bonchev–Trinajstić information content (AvgIpc) is 3.05. The highest BCUT2D eigenvalue weighted by Crippen LogP contribution is 2.38. The smallest absolute Gasteiger partial charge is 0.338 e. The van der Waals surface area contributed by atoms with E-state index < -0.39 is 17.5 Å². The topological polar surface area (TPSA) is 116 Å². The number of fused-ring (bicyclic) bond motifs is 3. The first-order chi connectivity index (χ1) is 13.0. The number of rotatable bonds is 8. The standard InChI is InChI=1S/C21H24N2O4.ClH/c22-11-4-3-10-21(23,19(24)25)20(26)27-13-15-7-5-9-17-16-8-2-1-6-14(16)12-18(15)17;/h1-2,5-9H,3-4,10-13,22-23H2,(H,24,25);1H. The van der Waals surface area contributed by atoms with Crippen molar-refractivity contribution in [2.75, 3.05) is 6.54 Å². The number of carbonyl (C=O) groups excluding carboxylic acids is 1. The van der Waals surface area contributed by atoms with Gasteiger partial charge in [-0.05, 0) is 60.0 Å². The molecule has 0 saturated heterocycles. The first-order valence-electron chi connectivity index (χ1n) is 9.06. The van der Waals surface area contributed by atoms with Crippen LogP contribution in [0.25, 0.3) is 11.1 Å². The molecule has 0 amide bonds. The van der Waals surface area contributed by atoms with Gasteiger partial charge in [-0.1, -0.05) is 42.5 Å². The van der Waals surface area contributed by atoms with Gasteiger partial charge in [0.25, 0.3) is 0 Å². The van der Waals surface area contributed by atoms with Crippen molar-refractivity contribution in [3.8, 4) is 11.1 Å². The van der Waals surface area contributed by atoms with Crippen molar-refractivity contribution >= 4 is 24.3 Å². The van der Waals surface area contributed by atoms with Gasteiger partial charge in [0.15, 0.2) is 0 Å². The molecule has 28 heavy (non-hydrogen) atoms. The Kier molecular flexibility index (Phi) is 7.18. The summed E-state index contributed by atoms with van der Waals surface area (Å²) in [6, 6.07) is 14.0. The third kappa shape index (κ3) is 4.19. The van der Waals surface area contributed by atoms with Crippen molar-refractivity contribution in [3.05, 3.63) is 59.2 Å². The first kappa shape index (κ1) is 21.9. The van der Waals surface area contributed by atoms with Crippen LogP contribution in [0.4, 0.5) is 0 Å². The number of aliphatic carboxylic acids is 1. The maximum Gasteiger partial charge on any atom is 0.338 e. The number of nitrogens with two attached hydrogens (primary N) is 2. The summed E-state index contributed by atoms with van der Waals surface area (Å²) < 4.78 is 5.33. The van der Waals surface area contributed by atoms with Gasteiger partial charge in [-0.15, -0.1) is 12.4 Å². The SMILES string of the molecule is Cl.NCCCCC(N)(C(=O)O)C(=O)OCc1cccc2c1Cc1ccccc1-2. The van der Waals surface area contributed by atoms with Crippen LogP contribution in [0.15, 0.2) is 42.5 Å². The van der Waals surface area contributed by atoms with E-state index in [1.165, 1.54) is 11.1 Å². The molecule has 6 nitrogen and oxygen atoms in total. The number of halogens is 1. The molecule has 0 bridgehead atoms. The molecule has 2 aromatic rings. The molecule has 0 heterocycles. The molecular formula is C21H25ClN2O4. The van der Waals surface area contributed by atoms with E-state index in [4.69, 9.17) is 16.2 Å². The van der Waals surface area contributed by atoms with Gasteiger partial charge in [-0.2, -0.15) is 0 Å². The first-order valence-corrected chi connectivity index (χ1v) is 9.06. The molecule has 150 valence electrons. The molecule has 1 aliphatic carbocycles. The predicted molar refractivity (Wildman–Crippen MR) is 109 cm³/mol. The lowest BCUT2D eigenvalue weighted by Gasteiger charge is -2.23. The molecule has 2 aromatic carbocycles. The number of hydrogen-bond donors (Lipinski definition) is 3. The molecular weight excluding hydrogens is 380 g/mol. The van der Waals surface area contributed by atoms with Crippen LogP contribution in [0, 0.1) is 0 Å². The third-order valence-corrected chi connectivity index (χ3v) is 5.08. The van der Waals surface area contributed by atoms with Crippen molar-refractivity contribution in [3.63, 3.8) is 0 Å². The average molecular weight is 405 g/mol. The van der Waals surface area contributed by atoms with E-state index in [1.807, 2.05) is 30.3 Å². The Hall–Kier alpha value is -2.41. The number of unbranched alkanes of at least 4 members (excludes halogenated alkanes) is 1. The maximum absolute atomic E-state index is 12.4. The largest absolute Gasteiger partial charge is 0.479 e. The van der Waals surface area contributed by atoms with Crippen LogP contribution in [0.1, 0.15) is 36.0 Å². The van der Waals surface area contributed by atoms with Crippen molar-refractivity contribution < 1.29 is 19.4 Å². The number of benzene rings is 2. The van der Waals surface area contributed by atoms with Crippen LogP contribution in [-0.4, -0.2) is 29.1 Å². The molecule has 0 fully saturated rings. The Morgan fingerprint density at radius 2 is 1.79 bits per heavy atom. The van der Waals surface area contributed by atoms with Gasteiger partial charge in [0.2, 0.25) is 5.54 Å². The Labute approximate surface area is 170 Å². The number of carboxylic acids is 1. The molecule has 0 saturated carbocycles. The van der Waals surface area contributed by atoms with E-state index in [-0.39, 0.29) is 25.4 Å². The van der Waals surface area contributed by atoms with Gasteiger partial charge in [0.1, 0.15) is 6.61 Å². The number of esters is 1. The molecule has 1 atom stereocenters. The Bertz CT molecular complexity index is 871. The molecule has 0 aliphatic heterocycles. The molecule has 0 aromatic heterocycles. The Balaban J connectivity index is 0.00000280. The summed E-state index contributed by atoms with van der Waals surface area (Å²) in [6.45, 7) is 0.417. The van der Waals surface area contributed by atoms with Gasteiger partial charge in [0, 0.05) is 0 Å². The zero-order valence-electron chi connectivity index (χ0n) is 15.5. The molecule has 7 heteroatoms. The van der Waals surface area contributed by atoms with Gasteiger partial charge in [-0.25, -0.2) is 9.59 Å². The molecule has 1 unspecified atom stereocenters. The van der Waals surface area contributed by atoms with E-state index in [2.05, 4.69) is 12.1 Å². The minimum atomic E-state index is -2.05. The number of hydrogen-bond acceptors (Lipinski definition) is 5. The highest BCUT2D eigenvalue weighted by Gasteiger charge is 2.43. The lowest BCUT2D eigenvalue weighted by molar-refractivity contribution is -0.162. The lowest BCUT2D eigenvalue weighted by atomic mass is 9.94. The predicted octanol–water partition coefficient (Wildman–Crippen LogP) is 2.63. The second-order valence-electron chi connectivity index (χ2n) is 6.88. The maximum atomic E-state index is 12.4. The van der Waals surface area contributed by atoms with E-state index in [1.54, 1.807) is 0 Å². The quantitative estimate of drug-likeness (QED) is 0.302. The van der Waals surface area contributed by atoms with E-state index in [0.29, 0.717) is 19.4 Å². The fourth-order valence-corrected chi connectivity index (χ4v) is 3.48. The van der Waals surface area contributed by atoms with Crippen molar-refractivity contribution in [1.29, 1.82) is 0 Å². The highest BCUT2D eigenvalue weighted by molar-refractivity contribution is 6.03. The van der Waals surface area contributed by atoms with Crippen LogP contribution < -0.4 is 11.5 Å². The minimum absolute atomic E-state index is 0. The van der Waals surface area contributed by atoms with E-state index in [0.717, 1.165) is 23.1 Å². The summed E-state index contributed by atoms with van der Waals surface area (Å²) in [6.07, 6.45) is 1.81. The number of carboxylic acid groups (broad SMARTS) is 1. The lowest BCUT2D eigenvalue weighted by Crippen LogP contribution is -2.55. The zero-order valence-corrected chi connectivity index (χ0v) is 16.3. The fourth-order valence-electron chi connectivity index (χ4n) is 3.48. The van der Waals surface area contributed by atoms with Gasteiger partial charge < -0.3 is 21.3 Å². The summed E-state index contributed by atoms with van der Waals surface area (Å²) in [5.74, 6) is -2.30. The van der Waals surface area contributed by atoms with Crippen molar-refractivity contribution in [2.24, 2.45) is 11.5 Å². The van der Waals surface area contributed by atoms with Crippen LogP contribution >= 0.6 is 12.4 Å². The van der Waals surface area contributed by atoms with Crippen LogP contribution in [0.2, 0.25) is 0 Å². The van der Waals surface area contributed by atoms with Gasteiger partial charge >= 0.3 is 11.9 Å². The highest BCUT2D eigenvalue weighted by atomic mass is 35.5. The second kappa shape index (κ2) is 9.19. The monoisotopic (exact) mass is 404 g/mol. The van der Waals surface area contributed by atoms with E-state index >= 15 is 0 Å². The summed E-state index contributed by atoms with van der Waals surface area (Å²) in [7, 11) is 0. The van der Waals surface area contributed by atoms with Gasteiger partial charge in [0.05, 0.1) is 0 Å². The summed E-state index contributed by atoms with van der Waals surface area (Å²) in [5, 5.41) is 9.42. The zero-order chi connectivity index (χ0) is 19.4. The normalized spacial score (nSPS) is 13.6. The van der Waals surface area contributed by atoms with Crippen molar-refractivity contribution in [1.82, 2.24) is 0 Å². The molecule has 0 radical (unpaired) electrons. The molecule has 3 rings (SSSR count). The Morgan fingerprint density at radius 1 is 1.07 bits per heavy atom. The summed E-state index contributed by atoms with van der Waals surface area (Å²) >= 11 is 0. The van der Waals surface area contributed by atoms with Gasteiger partial charge in [-0.3, -0.25) is 0 Å². The molecule has 0 spiro atoms. The van der Waals surface area contributed by atoms with Crippen LogP contribution in [0.3, 0.4) is 0 Å². The van der Waals surface area contributed by atoms with E-state index in [9.17, 15) is 14.7 Å². The molecule has 5 N–H and O–H groups in total. The van der Waals surface area contributed by atoms with Crippen molar-refractivity contribution in [2.45, 2.75) is 37.8 Å². The Morgan fingerprint density at radius 3 is 2.50 bits per heavy atom. The minimum Gasteiger partial charge on any atom is -0.479 e. The second-order valence-corrected chi connectivity index (χ2v) is 6.88.